The molecular formula is C51H74N6O12. The first kappa shape index (κ1) is 53.2. The Morgan fingerprint density at radius 1 is 0.507 bits per heavy atom. The highest BCUT2D eigenvalue weighted by atomic mass is 16.6. The third kappa shape index (κ3) is 16.4. The predicted molar refractivity (Wildman–Crippen MR) is 251 cm³/mol. The molecule has 2 saturated heterocycles. The van der Waals surface area contributed by atoms with E-state index in [9.17, 15) is 38.4 Å². The molecule has 0 radical (unpaired) electrons. The highest BCUT2D eigenvalue weighted by Crippen LogP contribution is 2.53. The van der Waals surface area contributed by atoms with Crippen molar-refractivity contribution in [3.63, 3.8) is 0 Å². The van der Waals surface area contributed by atoms with E-state index in [0.29, 0.717) is 74.9 Å². The molecule has 2 aliphatic heterocycles. The highest BCUT2D eigenvalue weighted by Gasteiger charge is 2.50. The van der Waals surface area contributed by atoms with Crippen LogP contribution in [0.4, 0.5) is 9.59 Å². The maximum absolute atomic E-state index is 13.5. The van der Waals surface area contributed by atoms with Gasteiger partial charge in [-0.15, -0.1) is 23.7 Å². The van der Waals surface area contributed by atoms with Crippen molar-refractivity contribution in [2.45, 2.75) is 110 Å². The summed E-state index contributed by atoms with van der Waals surface area (Å²) in [6.45, 7) is 9.00. The van der Waals surface area contributed by atoms with Gasteiger partial charge in [0, 0.05) is 90.9 Å². The Balaban J connectivity index is 0.925. The lowest BCUT2D eigenvalue weighted by Crippen LogP contribution is -2.58. The van der Waals surface area contributed by atoms with Crippen LogP contribution in [0.15, 0.2) is 0 Å². The number of carbonyl (C=O) groups is 8. The van der Waals surface area contributed by atoms with Gasteiger partial charge in [-0.1, -0.05) is 27.7 Å². The minimum Gasteiger partial charge on any atom is -0.464 e. The fourth-order valence-electron chi connectivity index (χ4n) is 10.3. The number of amides is 4. The van der Waals surface area contributed by atoms with E-state index >= 15 is 0 Å². The lowest BCUT2D eigenvalue weighted by atomic mass is 10.1. The first-order chi connectivity index (χ1) is 33.2. The molecule has 4 aliphatic carbocycles. The van der Waals surface area contributed by atoms with Crippen LogP contribution in [-0.2, 0) is 47.7 Å². The van der Waals surface area contributed by atoms with Crippen LogP contribution in [0.1, 0.15) is 98.3 Å². The predicted octanol–water partition coefficient (Wildman–Crippen LogP) is 3.05. The van der Waals surface area contributed by atoms with Crippen LogP contribution < -0.4 is 10.6 Å². The molecule has 69 heavy (non-hydrogen) atoms. The van der Waals surface area contributed by atoms with Gasteiger partial charge < -0.3 is 39.4 Å². The highest BCUT2D eigenvalue weighted by molar-refractivity contribution is 6.01. The van der Waals surface area contributed by atoms with Crippen LogP contribution in [-0.4, -0.2) is 171 Å². The van der Waals surface area contributed by atoms with Gasteiger partial charge in [-0.2, -0.15) is 0 Å². The normalized spacial score (nSPS) is 26.3. The van der Waals surface area contributed by atoms with Gasteiger partial charge >= 0.3 is 24.1 Å². The van der Waals surface area contributed by atoms with Crippen molar-refractivity contribution >= 4 is 47.5 Å². The van der Waals surface area contributed by atoms with E-state index < -0.39 is 36.2 Å². The van der Waals surface area contributed by atoms with Gasteiger partial charge in [0.25, 0.3) is 0 Å². The van der Waals surface area contributed by atoms with Crippen LogP contribution in [0.2, 0.25) is 0 Å². The van der Waals surface area contributed by atoms with Crippen LogP contribution in [0.25, 0.3) is 0 Å². The number of carbonyl (C=O) groups excluding carboxylic acids is 8. The van der Waals surface area contributed by atoms with Crippen LogP contribution >= 0.6 is 0 Å². The van der Waals surface area contributed by atoms with Crippen LogP contribution in [0.3, 0.4) is 0 Å². The molecule has 0 spiro atoms. The van der Waals surface area contributed by atoms with E-state index in [0.717, 1.165) is 51.4 Å². The van der Waals surface area contributed by atoms with Crippen molar-refractivity contribution in [1.29, 1.82) is 0 Å². The van der Waals surface area contributed by atoms with Crippen molar-refractivity contribution in [2.24, 2.45) is 47.3 Å². The minimum atomic E-state index is -0.555. The summed E-state index contributed by atoms with van der Waals surface area (Å²) in [6.07, 6.45) is 6.25. The summed E-state index contributed by atoms with van der Waals surface area (Å²) >= 11 is 0. The smallest absolute Gasteiger partial charge is 0.407 e. The molecule has 0 aromatic heterocycles. The number of Topliss-reactive ketones (excluding diaryl/α,β-unsaturated/α-hetero) is 2. The first-order valence-electron chi connectivity index (χ1n) is 25.3. The zero-order valence-electron chi connectivity index (χ0n) is 41.1. The van der Waals surface area contributed by atoms with E-state index in [2.05, 4.69) is 34.3 Å². The summed E-state index contributed by atoms with van der Waals surface area (Å²) in [6, 6.07) is -1.01. The lowest BCUT2D eigenvalue weighted by molar-refractivity contribution is -0.152. The van der Waals surface area contributed by atoms with Crippen molar-refractivity contribution < 1.29 is 57.3 Å². The summed E-state index contributed by atoms with van der Waals surface area (Å²) in [5, 5.41) is 5.38. The SMILES string of the molecule is CC(C)C(=O)OCC1CN(C(=O)CCNC(=O)OCC2[C@H]3CCC#CCC[C@@H]23)CCN1CC(=O)CC(=O)CN1CCN(C(=O)CCNC(=O)OCC2[C@H]3CCC#CCC[C@@H]23)CC1COC(=O)C(C)C. The Hall–Kier alpha value is -5.20. The second-order valence-corrected chi connectivity index (χ2v) is 20.1. The molecule has 8 atom stereocenters. The molecule has 6 rings (SSSR count). The third-order valence-corrected chi connectivity index (χ3v) is 14.6. The van der Waals surface area contributed by atoms with Gasteiger partial charge in [-0.25, -0.2) is 9.59 Å². The van der Waals surface area contributed by atoms with Crippen LogP contribution in [0.5, 0.6) is 0 Å². The molecule has 6 aliphatic rings. The lowest BCUT2D eigenvalue weighted by Gasteiger charge is -2.41. The number of esters is 2. The van der Waals surface area contributed by atoms with E-state index in [1.165, 1.54) is 0 Å². The number of piperazine rings is 2. The maximum atomic E-state index is 13.5. The molecule has 0 bridgehead atoms. The molecule has 4 fully saturated rings. The number of hydrogen-bond acceptors (Lipinski definition) is 14. The summed E-state index contributed by atoms with van der Waals surface area (Å²) in [7, 11) is 0. The molecule has 0 aromatic rings. The number of ketones is 2. The molecule has 380 valence electrons. The second kappa shape index (κ2) is 26.1. The number of ether oxygens (including phenoxy) is 4. The molecular weight excluding hydrogens is 889 g/mol. The summed E-state index contributed by atoms with van der Waals surface area (Å²) in [4.78, 5) is 110. The number of alkyl carbamates (subject to hydrolysis) is 2. The Morgan fingerprint density at radius 3 is 1.22 bits per heavy atom. The Morgan fingerprint density at radius 2 is 0.870 bits per heavy atom. The van der Waals surface area contributed by atoms with Gasteiger partial charge in [0.1, 0.15) is 13.2 Å². The Kier molecular flexibility index (Phi) is 20.1. The number of rotatable bonds is 22. The molecule has 0 aromatic carbocycles. The molecule has 2 N–H and O–H groups in total. The monoisotopic (exact) mass is 963 g/mol. The summed E-state index contributed by atoms with van der Waals surface area (Å²) in [5.41, 5.74) is 0. The van der Waals surface area contributed by atoms with Crippen LogP contribution in [0, 0.1) is 71.0 Å². The van der Waals surface area contributed by atoms with E-state index in [1.54, 1.807) is 37.5 Å². The van der Waals surface area contributed by atoms with Crippen molar-refractivity contribution in [2.75, 3.05) is 91.9 Å². The van der Waals surface area contributed by atoms with Crippen molar-refractivity contribution in [1.82, 2.24) is 30.2 Å². The van der Waals surface area contributed by atoms with Gasteiger partial charge in [0.05, 0.1) is 56.6 Å². The Bertz CT molecular complexity index is 1810. The molecule has 18 heteroatoms. The number of fused-ring (bicyclic) bond motifs is 2. The van der Waals surface area contributed by atoms with E-state index in [4.69, 9.17) is 18.9 Å². The minimum absolute atomic E-state index is 0.0406. The average molecular weight is 963 g/mol. The van der Waals surface area contributed by atoms with Crippen molar-refractivity contribution in [3.05, 3.63) is 0 Å². The standard InChI is InChI=1S/C51H74N6O12/c1-34(2)48(62)66-30-36-26-56(46(60)17-19-52-50(64)68-32-44-40-13-9-5-6-10-14-41(40)44)23-21-54(36)28-38(58)25-39(59)29-55-22-24-57(27-37(55)31-67-49(63)35(3)4)47(61)18-20-53-51(65)69-33-45-42-15-11-7-8-12-16-43(42)45/h34-37,40-45H,9-33H2,1-4H3,(H,52,64)(H,53,65)/t36?,37?,40-,41+,42-,43+,44?,45?. The molecule has 2 heterocycles. The molecule has 4 unspecified atom stereocenters. The average Bonchev–Trinajstić information content (AvgIpc) is 4.17. The van der Waals surface area contributed by atoms with E-state index in [-0.39, 0.29) is 107 Å². The fourth-order valence-corrected chi connectivity index (χ4v) is 10.3. The quantitative estimate of drug-likeness (QED) is 0.0692. The molecule has 18 nitrogen and oxygen atoms in total. The number of nitrogens with zero attached hydrogens (tertiary/aromatic N) is 4. The maximum Gasteiger partial charge on any atom is 0.407 e. The number of nitrogens with one attached hydrogen (secondary N) is 2. The topological polar surface area (TPSA) is 210 Å². The fraction of sp³-hybridized carbons (Fsp3) is 0.765. The van der Waals surface area contributed by atoms with E-state index in [1.807, 2.05) is 9.80 Å². The van der Waals surface area contributed by atoms with Gasteiger partial charge in [-0.05, 0) is 61.2 Å². The van der Waals surface area contributed by atoms with Gasteiger partial charge in [0.15, 0.2) is 11.6 Å². The van der Waals surface area contributed by atoms with Gasteiger partial charge in [-0.3, -0.25) is 38.6 Å². The largest absolute Gasteiger partial charge is 0.464 e. The zero-order valence-corrected chi connectivity index (χ0v) is 41.1. The molecule has 4 amide bonds. The number of hydrogen-bond donors (Lipinski definition) is 2. The Labute approximate surface area is 407 Å². The molecule has 2 saturated carbocycles. The zero-order chi connectivity index (χ0) is 49.5. The second-order valence-electron chi connectivity index (χ2n) is 20.1. The summed E-state index contributed by atoms with van der Waals surface area (Å²) in [5.74, 6) is 13.0. The van der Waals surface area contributed by atoms with Gasteiger partial charge in [0.2, 0.25) is 11.8 Å². The van der Waals surface area contributed by atoms with Crippen molar-refractivity contribution in [3.8, 4) is 23.7 Å². The first-order valence-corrected chi connectivity index (χ1v) is 25.3. The summed E-state index contributed by atoms with van der Waals surface area (Å²) < 4.78 is 22.1. The third-order valence-electron chi connectivity index (χ3n) is 14.6.